The molecule has 1 saturated heterocycles. The summed E-state index contributed by atoms with van der Waals surface area (Å²) in [6.07, 6.45) is 1.45. The molecule has 1 aromatic rings. The van der Waals surface area contributed by atoms with E-state index >= 15 is 0 Å². The molecule has 2 unspecified atom stereocenters. The van der Waals surface area contributed by atoms with Crippen LogP contribution in [-0.4, -0.2) is 35.8 Å². The molecule has 1 aliphatic heterocycles. The van der Waals surface area contributed by atoms with Crippen LogP contribution in [0.15, 0.2) is 0 Å². The monoisotopic (exact) mass is 292 g/mol. The first-order valence-electron chi connectivity index (χ1n) is 8.00. The average Bonchev–Trinajstić information content (AvgIpc) is 2.85. The molecule has 1 fully saturated rings. The molecule has 5 nitrogen and oxygen atoms in total. The van der Waals surface area contributed by atoms with E-state index in [1.807, 2.05) is 0 Å². The van der Waals surface area contributed by atoms with Crippen LogP contribution in [0.25, 0.3) is 0 Å². The highest BCUT2D eigenvalue weighted by molar-refractivity contribution is 5.57. The third-order valence-electron chi connectivity index (χ3n) is 4.09. The molecule has 2 rings (SSSR count). The second-order valence-corrected chi connectivity index (χ2v) is 6.09. The van der Waals surface area contributed by atoms with Crippen LogP contribution in [0.5, 0.6) is 0 Å². The molecule has 2 heterocycles. The molecule has 1 aliphatic rings. The fraction of sp³-hybridized carbons (Fsp3) is 0.750. The summed E-state index contributed by atoms with van der Waals surface area (Å²) in [6, 6.07) is 0. The van der Waals surface area contributed by atoms with Crippen molar-refractivity contribution in [2.24, 2.45) is 5.92 Å². The van der Waals surface area contributed by atoms with Crippen molar-refractivity contribution in [3.05, 3.63) is 11.4 Å². The van der Waals surface area contributed by atoms with Crippen molar-refractivity contribution >= 4 is 11.6 Å². The minimum atomic E-state index is 0.317. The van der Waals surface area contributed by atoms with Gasteiger partial charge in [0, 0.05) is 37.1 Å². The molecule has 2 N–H and O–H groups in total. The molecule has 118 valence electrons. The van der Waals surface area contributed by atoms with E-state index in [2.05, 4.69) is 50.2 Å². The molecule has 0 spiro atoms. The normalized spacial score (nSPS) is 21.8. The predicted molar refractivity (Wildman–Crippen MR) is 87.0 cm³/mol. The SMILES string of the molecule is CCNc1nc(C(C)C)nc(NCC2CCOC2C)c1C. The standard InChI is InChI=1S/C16H28N4O/c1-6-17-15-11(4)16(20-14(19-15)10(2)3)18-9-13-7-8-21-12(13)5/h10,12-13H,6-9H2,1-5H3,(H2,17,18,19,20). The Morgan fingerprint density at radius 1 is 1.24 bits per heavy atom. The lowest BCUT2D eigenvalue weighted by Crippen LogP contribution is -2.22. The Kier molecular flexibility index (Phi) is 5.39. The second kappa shape index (κ2) is 7.07. The Labute approximate surface area is 127 Å². The number of aromatic nitrogens is 2. The van der Waals surface area contributed by atoms with E-state index in [1.165, 1.54) is 0 Å². The maximum Gasteiger partial charge on any atom is 0.135 e. The topological polar surface area (TPSA) is 59.1 Å². The minimum absolute atomic E-state index is 0.317. The van der Waals surface area contributed by atoms with Gasteiger partial charge in [-0.15, -0.1) is 0 Å². The molecule has 0 aromatic carbocycles. The fourth-order valence-corrected chi connectivity index (χ4v) is 2.58. The first kappa shape index (κ1) is 16.0. The number of hydrogen-bond donors (Lipinski definition) is 2. The van der Waals surface area contributed by atoms with Crippen LogP contribution in [0, 0.1) is 12.8 Å². The maximum atomic E-state index is 5.62. The van der Waals surface area contributed by atoms with Gasteiger partial charge in [-0.05, 0) is 27.2 Å². The predicted octanol–water partition coefficient (Wildman–Crippen LogP) is 3.18. The molecular weight excluding hydrogens is 264 g/mol. The lowest BCUT2D eigenvalue weighted by molar-refractivity contribution is 0.108. The number of hydrogen-bond acceptors (Lipinski definition) is 5. The van der Waals surface area contributed by atoms with Crippen molar-refractivity contribution in [2.75, 3.05) is 30.3 Å². The highest BCUT2D eigenvalue weighted by atomic mass is 16.5. The molecule has 0 saturated carbocycles. The molecule has 1 aromatic heterocycles. The molecule has 0 bridgehead atoms. The summed E-state index contributed by atoms with van der Waals surface area (Å²) in [5.74, 6) is 3.65. The highest BCUT2D eigenvalue weighted by Crippen LogP contribution is 2.25. The van der Waals surface area contributed by atoms with Crippen LogP contribution in [0.2, 0.25) is 0 Å². The second-order valence-electron chi connectivity index (χ2n) is 6.09. The Bertz CT molecular complexity index is 476. The lowest BCUT2D eigenvalue weighted by atomic mass is 10.0. The van der Waals surface area contributed by atoms with Gasteiger partial charge in [-0.2, -0.15) is 0 Å². The molecular formula is C16H28N4O. The van der Waals surface area contributed by atoms with Crippen molar-refractivity contribution in [1.29, 1.82) is 0 Å². The Hall–Kier alpha value is -1.36. The van der Waals surface area contributed by atoms with Crippen molar-refractivity contribution in [1.82, 2.24) is 9.97 Å². The summed E-state index contributed by atoms with van der Waals surface area (Å²) in [5.41, 5.74) is 1.09. The maximum absolute atomic E-state index is 5.62. The van der Waals surface area contributed by atoms with Crippen molar-refractivity contribution in [3.8, 4) is 0 Å². The molecule has 21 heavy (non-hydrogen) atoms. The third kappa shape index (κ3) is 3.84. The van der Waals surface area contributed by atoms with Gasteiger partial charge >= 0.3 is 0 Å². The summed E-state index contributed by atoms with van der Waals surface area (Å²) >= 11 is 0. The molecule has 5 heteroatoms. The number of rotatable bonds is 6. The van der Waals surface area contributed by atoms with Gasteiger partial charge in [-0.1, -0.05) is 13.8 Å². The van der Waals surface area contributed by atoms with E-state index in [0.717, 1.165) is 49.1 Å². The van der Waals surface area contributed by atoms with Gasteiger partial charge in [-0.25, -0.2) is 9.97 Å². The summed E-state index contributed by atoms with van der Waals surface area (Å²) in [7, 11) is 0. The van der Waals surface area contributed by atoms with Crippen LogP contribution in [0.1, 0.15) is 51.4 Å². The summed E-state index contributed by atoms with van der Waals surface area (Å²) in [5, 5.41) is 6.84. The highest BCUT2D eigenvalue weighted by Gasteiger charge is 2.24. The Balaban J connectivity index is 2.16. The first-order valence-corrected chi connectivity index (χ1v) is 8.00. The van der Waals surface area contributed by atoms with Crippen LogP contribution in [-0.2, 0) is 4.74 Å². The zero-order chi connectivity index (χ0) is 15.4. The van der Waals surface area contributed by atoms with E-state index in [1.54, 1.807) is 0 Å². The van der Waals surface area contributed by atoms with Gasteiger partial charge in [0.05, 0.1) is 6.10 Å². The van der Waals surface area contributed by atoms with Gasteiger partial charge < -0.3 is 15.4 Å². The fourth-order valence-electron chi connectivity index (χ4n) is 2.58. The number of anilines is 2. The van der Waals surface area contributed by atoms with Gasteiger partial charge in [0.15, 0.2) is 0 Å². The molecule has 2 atom stereocenters. The van der Waals surface area contributed by atoms with E-state index in [0.29, 0.717) is 17.9 Å². The summed E-state index contributed by atoms with van der Waals surface area (Å²) < 4.78 is 5.62. The zero-order valence-electron chi connectivity index (χ0n) is 13.9. The molecule has 0 radical (unpaired) electrons. The van der Waals surface area contributed by atoms with Crippen molar-refractivity contribution < 1.29 is 4.74 Å². The van der Waals surface area contributed by atoms with Crippen molar-refractivity contribution in [2.45, 2.75) is 53.1 Å². The van der Waals surface area contributed by atoms with E-state index in [4.69, 9.17) is 9.72 Å². The Morgan fingerprint density at radius 2 is 1.90 bits per heavy atom. The van der Waals surface area contributed by atoms with E-state index in [-0.39, 0.29) is 0 Å². The first-order chi connectivity index (χ1) is 10.0. The van der Waals surface area contributed by atoms with Crippen molar-refractivity contribution in [3.63, 3.8) is 0 Å². The average molecular weight is 292 g/mol. The molecule has 0 aliphatic carbocycles. The van der Waals surface area contributed by atoms with Crippen LogP contribution in [0.3, 0.4) is 0 Å². The number of nitrogens with zero attached hydrogens (tertiary/aromatic N) is 2. The number of ether oxygens (including phenoxy) is 1. The summed E-state index contributed by atoms with van der Waals surface area (Å²) in [6.45, 7) is 13.2. The Morgan fingerprint density at radius 3 is 2.43 bits per heavy atom. The zero-order valence-corrected chi connectivity index (χ0v) is 13.9. The molecule has 0 amide bonds. The number of nitrogens with one attached hydrogen (secondary N) is 2. The van der Waals surface area contributed by atoms with Gasteiger partial charge in [0.2, 0.25) is 0 Å². The van der Waals surface area contributed by atoms with Crippen LogP contribution < -0.4 is 10.6 Å². The van der Waals surface area contributed by atoms with E-state index < -0.39 is 0 Å². The van der Waals surface area contributed by atoms with Crippen LogP contribution >= 0.6 is 0 Å². The third-order valence-corrected chi connectivity index (χ3v) is 4.09. The summed E-state index contributed by atoms with van der Waals surface area (Å²) in [4.78, 5) is 9.33. The lowest BCUT2D eigenvalue weighted by Gasteiger charge is -2.19. The van der Waals surface area contributed by atoms with Gasteiger partial charge in [0.25, 0.3) is 0 Å². The van der Waals surface area contributed by atoms with Gasteiger partial charge in [0.1, 0.15) is 17.5 Å². The largest absolute Gasteiger partial charge is 0.378 e. The van der Waals surface area contributed by atoms with Crippen LogP contribution in [0.4, 0.5) is 11.6 Å². The quantitative estimate of drug-likeness (QED) is 0.843. The van der Waals surface area contributed by atoms with Gasteiger partial charge in [-0.3, -0.25) is 0 Å². The van der Waals surface area contributed by atoms with E-state index in [9.17, 15) is 0 Å². The smallest absolute Gasteiger partial charge is 0.135 e. The minimum Gasteiger partial charge on any atom is -0.378 e.